The summed E-state index contributed by atoms with van der Waals surface area (Å²) < 4.78 is 1.60. The zero-order valence-corrected chi connectivity index (χ0v) is 19.5. The van der Waals surface area contributed by atoms with Gasteiger partial charge < -0.3 is 4.90 Å². The number of halogens is 2. The summed E-state index contributed by atoms with van der Waals surface area (Å²) in [7, 11) is 0. The topological polar surface area (TPSA) is 68.1 Å². The minimum absolute atomic E-state index is 0.167. The molecule has 0 radical (unpaired) electrons. The highest BCUT2D eigenvalue weighted by Gasteiger charge is 2.29. The summed E-state index contributed by atoms with van der Waals surface area (Å²) in [5.41, 5.74) is 1.76. The van der Waals surface area contributed by atoms with Gasteiger partial charge in [-0.15, -0.1) is 11.3 Å². The molecular weight excluding hydrogens is 475 g/mol. The summed E-state index contributed by atoms with van der Waals surface area (Å²) >= 11 is 15.3. The van der Waals surface area contributed by atoms with Gasteiger partial charge in [-0.05, 0) is 25.0 Å². The number of benzene rings is 1. The van der Waals surface area contributed by atoms with Crippen LogP contribution >= 0.6 is 46.3 Å². The standard InChI is InChI=1S/C21H18Cl2N4O2S2/c22-15-2-1-13(9-16(15)23)17-11-31-18(25-17)12-3-5-26(6-4-12)19(28)14-10-24-21-27(20(14)29)7-8-30-21/h1-2,9-12H,3-8H2. The lowest BCUT2D eigenvalue weighted by molar-refractivity contribution is 0.0709. The number of thiazole rings is 1. The summed E-state index contributed by atoms with van der Waals surface area (Å²) in [5, 5.41) is 4.82. The molecule has 2 aromatic heterocycles. The van der Waals surface area contributed by atoms with Crippen LogP contribution in [0.4, 0.5) is 0 Å². The summed E-state index contributed by atoms with van der Waals surface area (Å²) in [5.74, 6) is 0.892. The number of hydrogen-bond acceptors (Lipinski definition) is 6. The first-order valence-electron chi connectivity index (χ1n) is 9.94. The van der Waals surface area contributed by atoms with Gasteiger partial charge in [-0.25, -0.2) is 9.97 Å². The molecule has 2 aliphatic heterocycles. The van der Waals surface area contributed by atoms with E-state index in [-0.39, 0.29) is 17.0 Å². The van der Waals surface area contributed by atoms with Crippen molar-refractivity contribution in [1.82, 2.24) is 19.4 Å². The quantitative estimate of drug-likeness (QED) is 0.491. The van der Waals surface area contributed by atoms with Gasteiger partial charge in [0.15, 0.2) is 5.16 Å². The average molecular weight is 493 g/mol. The number of thioether (sulfide) groups is 1. The Bertz CT molecular complexity index is 1220. The number of hydrogen-bond donors (Lipinski definition) is 0. The van der Waals surface area contributed by atoms with Crippen molar-refractivity contribution in [2.75, 3.05) is 18.8 Å². The molecule has 0 aliphatic carbocycles. The van der Waals surface area contributed by atoms with Crippen molar-refractivity contribution >= 4 is 52.2 Å². The maximum Gasteiger partial charge on any atom is 0.267 e. The average Bonchev–Trinajstić information content (AvgIpc) is 3.46. The van der Waals surface area contributed by atoms with Gasteiger partial charge in [0.05, 0.1) is 20.7 Å². The van der Waals surface area contributed by atoms with E-state index in [9.17, 15) is 9.59 Å². The first-order chi connectivity index (χ1) is 15.0. The molecule has 1 aromatic carbocycles. The number of aromatic nitrogens is 3. The smallest absolute Gasteiger partial charge is 0.267 e. The van der Waals surface area contributed by atoms with Crippen molar-refractivity contribution in [1.29, 1.82) is 0 Å². The fourth-order valence-corrected chi connectivity index (χ4v) is 6.14. The van der Waals surface area contributed by atoms with Gasteiger partial charge in [0.1, 0.15) is 5.56 Å². The highest BCUT2D eigenvalue weighted by molar-refractivity contribution is 7.99. The number of rotatable bonds is 3. The molecule has 5 rings (SSSR count). The maximum atomic E-state index is 12.9. The molecule has 2 aliphatic rings. The first kappa shape index (κ1) is 21.0. The summed E-state index contributed by atoms with van der Waals surface area (Å²) in [6.45, 7) is 1.81. The molecule has 0 bridgehead atoms. The second kappa shape index (κ2) is 8.58. The van der Waals surface area contributed by atoms with Gasteiger partial charge in [-0.3, -0.25) is 14.2 Å². The van der Waals surface area contributed by atoms with Crippen molar-refractivity contribution in [2.24, 2.45) is 0 Å². The Kier molecular flexibility index (Phi) is 5.81. The molecule has 0 unspecified atom stereocenters. The molecular formula is C21H18Cl2N4O2S2. The van der Waals surface area contributed by atoms with Crippen LogP contribution in [-0.2, 0) is 6.54 Å². The predicted molar refractivity (Wildman–Crippen MR) is 125 cm³/mol. The highest BCUT2D eigenvalue weighted by Crippen LogP contribution is 2.34. The summed E-state index contributed by atoms with van der Waals surface area (Å²) in [6.07, 6.45) is 3.07. The van der Waals surface area contributed by atoms with Crippen LogP contribution in [0.3, 0.4) is 0 Å². The molecule has 10 heteroatoms. The number of likely N-dealkylation sites (tertiary alicyclic amines) is 1. The van der Waals surface area contributed by atoms with Crippen LogP contribution in [0.25, 0.3) is 11.3 Å². The second-order valence-electron chi connectivity index (χ2n) is 7.53. The zero-order valence-electron chi connectivity index (χ0n) is 16.4. The molecule has 3 aromatic rings. The van der Waals surface area contributed by atoms with Crippen LogP contribution in [0.15, 0.2) is 39.7 Å². The van der Waals surface area contributed by atoms with Gasteiger partial charge in [-0.2, -0.15) is 0 Å². The fourth-order valence-electron chi connectivity index (χ4n) is 3.93. The van der Waals surface area contributed by atoms with Crippen molar-refractivity contribution in [3.05, 3.63) is 60.7 Å². The van der Waals surface area contributed by atoms with E-state index in [4.69, 9.17) is 28.2 Å². The third kappa shape index (κ3) is 4.02. The lowest BCUT2D eigenvalue weighted by atomic mass is 9.97. The van der Waals surface area contributed by atoms with E-state index in [1.54, 1.807) is 38.6 Å². The number of nitrogens with zero attached hydrogens (tertiary/aromatic N) is 4. The number of piperidine rings is 1. The lowest BCUT2D eigenvalue weighted by Gasteiger charge is -2.31. The molecule has 0 atom stereocenters. The van der Waals surface area contributed by atoms with Crippen LogP contribution in [0.2, 0.25) is 10.0 Å². The monoisotopic (exact) mass is 492 g/mol. The summed E-state index contributed by atoms with van der Waals surface area (Å²) in [4.78, 5) is 36.5. The lowest BCUT2D eigenvalue weighted by Crippen LogP contribution is -2.41. The van der Waals surface area contributed by atoms with Crippen LogP contribution in [0, 0.1) is 0 Å². The van der Waals surface area contributed by atoms with E-state index < -0.39 is 0 Å². The molecule has 0 saturated carbocycles. The molecule has 0 N–H and O–H groups in total. The first-order valence-corrected chi connectivity index (χ1v) is 12.6. The second-order valence-corrected chi connectivity index (χ2v) is 10.3. The van der Waals surface area contributed by atoms with Gasteiger partial charge in [-0.1, -0.05) is 41.0 Å². The predicted octanol–water partition coefficient (Wildman–Crippen LogP) is 4.80. The SMILES string of the molecule is O=C(c1cnc2n(c1=O)CCS2)N1CCC(c2nc(-c3ccc(Cl)c(Cl)c3)cs2)CC1. The van der Waals surface area contributed by atoms with Crippen molar-refractivity contribution < 1.29 is 4.79 Å². The van der Waals surface area contributed by atoms with Gasteiger partial charge in [0.25, 0.3) is 11.5 Å². The molecule has 160 valence electrons. The summed E-state index contributed by atoms with van der Waals surface area (Å²) in [6, 6.07) is 5.51. The van der Waals surface area contributed by atoms with E-state index in [0.717, 1.165) is 34.9 Å². The largest absolute Gasteiger partial charge is 0.338 e. The molecule has 1 fully saturated rings. The van der Waals surface area contributed by atoms with Gasteiger partial charge >= 0.3 is 0 Å². The number of carbonyl (C=O) groups is 1. The Morgan fingerprint density at radius 1 is 1.13 bits per heavy atom. The molecule has 0 spiro atoms. The van der Waals surface area contributed by atoms with Gasteiger partial charge in [0, 0.05) is 48.4 Å². The van der Waals surface area contributed by atoms with E-state index in [2.05, 4.69) is 4.98 Å². The van der Waals surface area contributed by atoms with Crippen molar-refractivity contribution in [3.63, 3.8) is 0 Å². The fraction of sp³-hybridized carbons (Fsp3) is 0.333. The van der Waals surface area contributed by atoms with E-state index in [1.807, 2.05) is 17.5 Å². The third-order valence-corrected chi connectivity index (χ3v) is 8.37. The number of amides is 1. The zero-order chi connectivity index (χ0) is 21.5. The normalized spacial score (nSPS) is 16.5. The molecule has 1 saturated heterocycles. The van der Waals surface area contributed by atoms with Crippen LogP contribution in [0.1, 0.15) is 34.1 Å². The number of fused-ring (bicyclic) bond motifs is 1. The highest BCUT2D eigenvalue weighted by atomic mass is 35.5. The Balaban J connectivity index is 1.27. The third-order valence-electron chi connectivity index (χ3n) is 5.66. The molecule has 31 heavy (non-hydrogen) atoms. The maximum absolute atomic E-state index is 12.9. The molecule has 4 heterocycles. The Hall–Kier alpha value is -1.87. The van der Waals surface area contributed by atoms with Crippen LogP contribution < -0.4 is 5.56 Å². The minimum atomic E-state index is -0.228. The van der Waals surface area contributed by atoms with Crippen molar-refractivity contribution in [3.8, 4) is 11.3 Å². The Labute approximate surface area is 197 Å². The minimum Gasteiger partial charge on any atom is -0.338 e. The Morgan fingerprint density at radius 3 is 2.71 bits per heavy atom. The van der Waals surface area contributed by atoms with E-state index >= 15 is 0 Å². The number of carbonyl (C=O) groups excluding carboxylic acids is 1. The van der Waals surface area contributed by atoms with Crippen LogP contribution in [-0.4, -0.2) is 44.2 Å². The molecule has 1 amide bonds. The van der Waals surface area contributed by atoms with Crippen molar-refractivity contribution in [2.45, 2.75) is 30.5 Å². The van der Waals surface area contributed by atoms with E-state index in [0.29, 0.717) is 40.8 Å². The van der Waals surface area contributed by atoms with E-state index in [1.165, 1.54) is 6.20 Å². The molecule has 6 nitrogen and oxygen atoms in total. The Morgan fingerprint density at radius 2 is 1.94 bits per heavy atom. The van der Waals surface area contributed by atoms with Crippen LogP contribution in [0.5, 0.6) is 0 Å². The van der Waals surface area contributed by atoms with Gasteiger partial charge in [0.2, 0.25) is 0 Å².